The van der Waals surface area contributed by atoms with Crippen LogP contribution < -0.4 is 0 Å². The van der Waals surface area contributed by atoms with Crippen molar-refractivity contribution in [3.05, 3.63) is 90.0 Å². The molecule has 0 bridgehead atoms. The number of allylic oxidation sites excluding steroid dienone is 1. The van der Waals surface area contributed by atoms with Crippen molar-refractivity contribution in [3.63, 3.8) is 0 Å². The first-order valence-corrected chi connectivity index (χ1v) is 7.74. The van der Waals surface area contributed by atoms with E-state index in [1.165, 1.54) is 22.3 Å². The minimum atomic E-state index is 0.359. The van der Waals surface area contributed by atoms with Crippen molar-refractivity contribution in [1.29, 1.82) is 0 Å². The number of hydrogen-bond donors (Lipinski definition) is 0. The number of benzene rings is 2. The summed E-state index contributed by atoms with van der Waals surface area (Å²) in [4.78, 5) is 4.23. The van der Waals surface area contributed by atoms with Crippen molar-refractivity contribution in [2.45, 2.75) is 18.9 Å². The van der Waals surface area contributed by atoms with Gasteiger partial charge in [0, 0.05) is 12.4 Å². The number of rotatable bonds is 2. The molecule has 0 N–H and O–H groups in total. The van der Waals surface area contributed by atoms with E-state index in [9.17, 15) is 0 Å². The molecular weight excluding hydrogens is 268 g/mol. The summed E-state index contributed by atoms with van der Waals surface area (Å²) in [5.74, 6) is 0. The summed E-state index contributed by atoms with van der Waals surface area (Å²) >= 11 is 0. The fourth-order valence-electron chi connectivity index (χ4n) is 3.31. The van der Waals surface area contributed by atoms with Gasteiger partial charge in [0.2, 0.25) is 0 Å². The number of hydrogen-bond acceptors (Lipinski definition) is 1. The van der Waals surface area contributed by atoms with Crippen LogP contribution in [0.5, 0.6) is 0 Å². The first-order chi connectivity index (χ1) is 10.9. The predicted octanol–water partition coefficient (Wildman–Crippen LogP) is 4.61. The molecule has 1 aliphatic carbocycles. The Balaban J connectivity index is 1.86. The van der Waals surface area contributed by atoms with Crippen molar-refractivity contribution in [1.82, 2.24) is 9.55 Å². The fourth-order valence-corrected chi connectivity index (χ4v) is 3.31. The Morgan fingerprint density at radius 3 is 2.64 bits per heavy atom. The molecule has 0 amide bonds. The van der Waals surface area contributed by atoms with Crippen LogP contribution in [0, 0.1) is 0 Å². The Hall–Kier alpha value is -2.61. The lowest BCUT2D eigenvalue weighted by Gasteiger charge is -2.29. The summed E-state index contributed by atoms with van der Waals surface area (Å²) in [7, 11) is 0. The zero-order valence-corrected chi connectivity index (χ0v) is 12.4. The molecule has 1 unspecified atom stereocenters. The van der Waals surface area contributed by atoms with Gasteiger partial charge in [-0.25, -0.2) is 4.98 Å². The van der Waals surface area contributed by atoms with Crippen molar-refractivity contribution < 1.29 is 0 Å². The molecule has 0 spiro atoms. The third-order valence-corrected chi connectivity index (χ3v) is 4.38. The first-order valence-electron chi connectivity index (χ1n) is 7.74. The fraction of sp³-hybridized carbons (Fsp3) is 0.150. The van der Waals surface area contributed by atoms with E-state index in [0.717, 1.165) is 12.8 Å². The molecular formula is C20H18N2. The van der Waals surface area contributed by atoms with Gasteiger partial charge in [0.1, 0.15) is 0 Å². The molecule has 0 aliphatic heterocycles. The average molecular weight is 286 g/mol. The molecule has 1 aliphatic rings. The van der Waals surface area contributed by atoms with E-state index in [-0.39, 0.29) is 0 Å². The number of nitrogens with zero attached hydrogens (tertiary/aromatic N) is 2. The van der Waals surface area contributed by atoms with Crippen LogP contribution in [0.15, 0.2) is 73.3 Å². The van der Waals surface area contributed by atoms with Crippen LogP contribution in [0.25, 0.3) is 11.6 Å². The Morgan fingerprint density at radius 2 is 1.82 bits per heavy atom. The molecule has 1 heterocycles. The zero-order valence-electron chi connectivity index (χ0n) is 12.4. The second-order valence-corrected chi connectivity index (χ2v) is 5.73. The van der Waals surface area contributed by atoms with E-state index in [2.05, 4.69) is 76.4 Å². The summed E-state index contributed by atoms with van der Waals surface area (Å²) in [5.41, 5.74) is 5.45. The van der Waals surface area contributed by atoms with E-state index in [0.29, 0.717) is 6.04 Å². The molecule has 2 nitrogen and oxygen atoms in total. The van der Waals surface area contributed by atoms with Crippen molar-refractivity contribution in [3.8, 4) is 0 Å². The highest BCUT2D eigenvalue weighted by molar-refractivity contribution is 5.85. The van der Waals surface area contributed by atoms with Gasteiger partial charge in [-0.3, -0.25) is 0 Å². The first kappa shape index (κ1) is 13.1. The van der Waals surface area contributed by atoms with E-state index >= 15 is 0 Å². The summed E-state index contributed by atoms with van der Waals surface area (Å²) in [6.07, 6.45) is 10.4. The monoisotopic (exact) mass is 286 g/mol. The maximum atomic E-state index is 4.23. The van der Waals surface area contributed by atoms with Crippen molar-refractivity contribution in [2.75, 3.05) is 0 Å². The molecule has 0 fully saturated rings. The quantitative estimate of drug-likeness (QED) is 0.672. The largest absolute Gasteiger partial charge is 0.330 e. The van der Waals surface area contributed by atoms with Crippen LogP contribution >= 0.6 is 0 Å². The number of fused-ring (bicyclic) bond motifs is 1. The van der Waals surface area contributed by atoms with Crippen LogP contribution in [0.1, 0.15) is 29.2 Å². The van der Waals surface area contributed by atoms with Gasteiger partial charge in [-0.15, -0.1) is 0 Å². The summed E-state index contributed by atoms with van der Waals surface area (Å²) in [6, 6.07) is 19.7. The lowest BCUT2D eigenvalue weighted by molar-refractivity contribution is 0.558. The molecule has 2 heteroatoms. The summed E-state index contributed by atoms with van der Waals surface area (Å²) in [6.45, 7) is 0. The van der Waals surface area contributed by atoms with E-state index in [1.54, 1.807) is 0 Å². The Morgan fingerprint density at radius 1 is 1.00 bits per heavy atom. The topological polar surface area (TPSA) is 17.8 Å². The predicted molar refractivity (Wildman–Crippen MR) is 90.3 cm³/mol. The number of imidazole rings is 1. The van der Waals surface area contributed by atoms with Crippen molar-refractivity contribution >= 4 is 11.6 Å². The molecule has 108 valence electrons. The van der Waals surface area contributed by atoms with Crippen LogP contribution in [0.4, 0.5) is 0 Å². The molecule has 4 rings (SSSR count). The van der Waals surface area contributed by atoms with E-state index < -0.39 is 0 Å². The standard InChI is InChI=1S/C20H18N2/c1-2-6-16(7-3-1)14-19-18-9-5-4-8-17(18)10-11-20(19)22-13-12-21-15-22/h1-9,12-15,20H,10-11H2. The van der Waals surface area contributed by atoms with Crippen LogP contribution in [0.2, 0.25) is 0 Å². The maximum Gasteiger partial charge on any atom is 0.0951 e. The third-order valence-electron chi connectivity index (χ3n) is 4.38. The van der Waals surface area contributed by atoms with Gasteiger partial charge in [0.05, 0.1) is 12.4 Å². The maximum absolute atomic E-state index is 4.23. The molecule has 0 radical (unpaired) electrons. The van der Waals surface area contributed by atoms with Gasteiger partial charge in [-0.1, -0.05) is 54.6 Å². The SMILES string of the molecule is C(=C1c2ccccc2CCC1n1ccnc1)c1ccccc1. The lowest BCUT2D eigenvalue weighted by Crippen LogP contribution is -2.16. The second kappa shape index (κ2) is 5.64. The summed E-state index contributed by atoms with van der Waals surface area (Å²) in [5, 5.41) is 0. The Kier molecular flexibility index (Phi) is 3.36. The Bertz CT molecular complexity index is 786. The lowest BCUT2D eigenvalue weighted by atomic mass is 9.83. The number of aryl methyl sites for hydroxylation is 1. The molecule has 3 aromatic rings. The molecule has 1 aromatic heterocycles. The molecule has 0 saturated heterocycles. The van der Waals surface area contributed by atoms with Gasteiger partial charge in [0.25, 0.3) is 0 Å². The highest BCUT2D eigenvalue weighted by Crippen LogP contribution is 2.39. The molecule has 1 atom stereocenters. The Labute approximate surface area is 130 Å². The molecule has 0 saturated carbocycles. The second-order valence-electron chi connectivity index (χ2n) is 5.73. The van der Waals surface area contributed by atoms with Crippen LogP contribution in [0.3, 0.4) is 0 Å². The normalized spacial score (nSPS) is 19.1. The minimum absolute atomic E-state index is 0.359. The summed E-state index contributed by atoms with van der Waals surface area (Å²) < 4.78 is 2.23. The van der Waals surface area contributed by atoms with Gasteiger partial charge in [0.15, 0.2) is 0 Å². The molecule has 2 aromatic carbocycles. The highest BCUT2D eigenvalue weighted by Gasteiger charge is 2.24. The third kappa shape index (κ3) is 2.37. The van der Waals surface area contributed by atoms with Crippen molar-refractivity contribution in [2.24, 2.45) is 0 Å². The van der Waals surface area contributed by atoms with E-state index in [1.807, 2.05) is 12.5 Å². The minimum Gasteiger partial charge on any atom is -0.330 e. The average Bonchev–Trinajstić information content (AvgIpc) is 3.10. The van der Waals surface area contributed by atoms with Gasteiger partial charge < -0.3 is 4.57 Å². The van der Waals surface area contributed by atoms with Gasteiger partial charge >= 0.3 is 0 Å². The number of aromatic nitrogens is 2. The van der Waals surface area contributed by atoms with Gasteiger partial charge in [-0.05, 0) is 41.2 Å². The van der Waals surface area contributed by atoms with E-state index in [4.69, 9.17) is 0 Å². The smallest absolute Gasteiger partial charge is 0.0951 e. The van der Waals surface area contributed by atoms with Crippen LogP contribution in [-0.2, 0) is 6.42 Å². The van der Waals surface area contributed by atoms with Gasteiger partial charge in [-0.2, -0.15) is 0 Å². The highest BCUT2D eigenvalue weighted by atomic mass is 15.1. The molecule has 22 heavy (non-hydrogen) atoms. The van der Waals surface area contributed by atoms with Crippen LogP contribution in [-0.4, -0.2) is 9.55 Å². The zero-order chi connectivity index (χ0) is 14.8.